The van der Waals surface area contributed by atoms with Gasteiger partial charge in [0.2, 0.25) is 0 Å². The summed E-state index contributed by atoms with van der Waals surface area (Å²) in [6.07, 6.45) is 1.74. The van der Waals surface area contributed by atoms with Crippen LogP contribution in [0.1, 0.15) is 22.9 Å². The first-order valence-corrected chi connectivity index (χ1v) is 6.79. The van der Waals surface area contributed by atoms with Gasteiger partial charge >= 0.3 is 0 Å². The molecule has 1 unspecified atom stereocenters. The molecule has 3 rings (SSSR count). The number of hydrogen-bond acceptors (Lipinski definition) is 4. The highest BCUT2D eigenvalue weighted by atomic mass is 15.5. The van der Waals surface area contributed by atoms with E-state index in [4.69, 9.17) is 5.84 Å². The zero-order chi connectivity index (χ0) is 14.7. The predicted molar refractivity (Wildman–Crippen MR) is 81.7 cm³/mol. The number of hydrogen-bond donors (Lipinski definition) is 2. The van der Waals surface area contributed by atoms with Crippen LogP contribution in [0, 0.1) is 6.92 Å². The molecule has 5 heteroatoms. The third-order valence-electron chi connectivity index (χ3n) is 3.46. The molecule has 2 aromatic carbocycles. The van der Waals surface area contributed by atoms with Crippen LogP contribution in [0.2, 0.25) is 0 Å². The number of aryl methyl sites for hydroxylation is 1. The summed E-state index contributed by atoms with van der Waals surface area (Å²) in [4.78, 5) is 1.61. The molecule has 1 aromatic heterocycles. The van der Waals surface area contributed by atoms with Crippen LogP contribution < -0.4 is 11.3 Å². The van der Waals surface area contributed by atoms with E-state index in [-0.39, 0.29) is 6.04 Å². The van der Waals surface area contributed by atoms with Crippen LogP contribution in [0.5, 0.6) is 0 Å². The molecule has 0 amide bonds. The van der Waals surface area contributed by atoms with Gasteiger partial charge in [-0.1, -0.05) is 42.5 Å². The fourth-order valence-electron chi connectivity index (χ4n) is 2.34. The van der Waals surface area contributed by atoms with Gasteiger partial charge in [0.1, 0.15) is 5.69 Å². The highest BCUT2D eigenvalue weighted by molar-refractivity contribution is 5.34. The van der Waals surface area contributed by atoms with Crippen LogP contribution in [0.3, 0.4) is 0 Å². The fraction of sp³-hybridized carbons (Fsp3) is 0.125. The van der Waals surface area contributed by atoms with E-state index in [1.807, 2.05) is 48.5 Å². The number of rotatable bonds is 4. The van der Waals surface area contributed by atoms with Crippen LogP contribution >= 0.6 is 0 Å². The predicted octanol–water partition coefficient (Wildman–Crippen LogP) is 2.13. The summed E-state index contributed by atoms with van der Waals surface area (Å²) in [6, 6.07) is 17.7. The van der Waals surface area contributed by atoms with Gasteiger partial charge in [0.25, 0.3) is 0 Å². The van der Waals surface area contributed by atoms with Crippen LogP contribution in [0.25, 0.3) is 5.69 Å². The molecule has 0 aliphatic heterocycles. The zero-order valence-electron chi connectivity index (χ0n) is 11.8. The Hall–Kier alpha value is -2.50. The van der Waals surface area contributed by atoms with Crippen molar-refractivity contribution in [1.82, 2.24) is 20.4 Å². The molecule has 0 aliphatic carbocycles. The third-order valence-corrected chi connectivity index (χ3v) is 3.46. The molecule has 5 nitrogen and oxygen atoms in total. The molecular formula is C16H17N5. The number of benzene rings is 2. The van der Waals surface area contributed by atoms with Gasteiger partial charge in [0.05, 0.1) is 17.9 Å². The topological polar surface area (TPSA) is 68.8 Å². The molecule has 0 aliphatic rings. The Morgan fingerprint density at radius 2 is 1.76 bits per heavy atom. The fourth-order valence-corrected chi connectivity index (χ4v) is 2.34. The van der Waals surface area contributed by atoms with E-state index in [1.54, 1.807) is 11.0 Å². The number of aromatic nitrogens is 3. The van der Waals surface area contributed by atoms with Crippen LogP contribution in [0.4, 0.5) is 0 Å². The SMILES string of the molecule is Cc1ccccc1C(NN)c1cnn(-c2ccccc2)n1. The molecule has 1 atom stereocenters. The van der Waals surface area contributed by atoms with Crippen molar-refractivity contribution in [3.63, 3.8) is 0 Å². The second-order valence-corrected chi connectivity index (χ2v) is 4.85. The molecule has 0 bridgehead atoms. The zero-order valence-corrected chi connectivity index (χ0v) is 11.8. The summed E-state index contributed by atoms with van der Waals surface area (Å²) in [7, 11) is 0. The first-order chi connectivity index (χ1) is 10.3. The minimum absolute atomic E-state index is 0.177. The van der Waals surface area contributed by atoms with E-state index >= 15 is 0 Å². The maximum atomic E-state index is 5.73. The molecule has 21 heavy (non-hydrogen) atoms. The number of para-hydroxylation sites is 1. The molecule has 0 fully saturated rings. The van der Waals surface area contributed by atoms with Gasteiger partial charge in [-0.05, 0) is 30.2 Å². The van der Waals surface area contributed by atoms with Crippen molar-refractivity contribution in [2.45, 2.75) is 13.0 Å². The van der Waals surface area contributed by atoms with Crippen molar-refractivity contribution in [3.05, 3.63) is 77.6 Å². The van der Waals surface area contributed by atoms with Gasteiger partial charge in [0, 0.05) is 0 Å². The molecule has 0 spiro atoms. The van der Waals surface area contributed by atoms with Gasteiger partial charge in [0.15, 0.2) is 0 Å². The molecule has 0 saturated heterocycles. The Balaban J connectivity index is 1.96. The highest BCUT2D eigenvalue weighted by Crippen LogP contribution is 2.22. The Morgan fingerprint density at radius 1 is 1.05 bits per heavy atom. The van der Waals surface area contributed by atoms with E-state index in [0.717, 1.165) is 22.5 Å². The third kappa shape index (κ3) is 2.69. The molecule has 0 saturated carbocycles. The van der Waals surface area contributed by atoms with Crippen molar-refractivity contribution in [2.24, 2.45) is 5.84 Å². The van der Waals surface area contributed by atoms with E-state index in [0.29, 0.717) is 0 Å². The van der Waals surface area contributed by atoms with Crippen LogP contribution in [-0.2, 0) is 0 Å². The van der Waals surface area contributed by atoms with Gasteiger partial charge in [-0.15, -0.1) is 0 Å². The van der Waals surface area contributed by atoms with E-state index in [9.17, 15) is 0 Å². The molecule has 3 N–H and O–H groups in total. The molecule has 106 valence electrons. The van der Waals surface area contributed by atoms with Crippen molar-refractivity contribution < 1.29 is 0 Å². The van der Waals surface area contributed by atoms with Crippen molar-refractivity contribution in [2.75, 3.05) is 0 Å². The highest BCUT2D eigenvalue weighted by Gasteiger charge is 2.18. The monoisotopic (exact) mass is 279 g/mol. The van der Waals surface area contributed by atoms with Gasteiger partial charge in [-0.2, -0.15) is 15.0 Å². The second-order valence-electron chi connectivity index (χ2n) is 4.85. The van der Waals surface area contributed by atoms with Crippen molar-refractivity contribution in [1.29, 1.82) is 0 Å². The summed E-state index contributed by atoms with van der Waals surface area (Å²) in [5, 5.41) is 8.85. The van der Waals surface area contributed by atoms with Gasteiger partial charge in [-0.25, -0.2) is 5.43 Å². The van der Waals surface area contributed by atoms with Gasteiger partial charge < -0.3 is 0 Å². The molecule has 3 aromatic rings. The quantitative estimate of drug-likeness (QED) is 0.567. The average Bonchev–Trinajstić information content (AvgIpc) is 3.00. The van der Waals surface area contributed by atoms with E-state index in [1.165, 1.54) is 0 Å². The number of nitrogens with two attached hydrogens (primary N) is 1. The lowest BCUT2D eigenvalue weighted by atomic mass is 10.00. The largest absolute Gasteiger partial charge is 0.271 e. The Kier molecular flexibility index (Phi) is 3.77. The Bertz CT molecular complexity index is 720. The summed E-state index contributed by atoms with van der Waals surface area (Å²) in [6.45, 7) is 2.06. The number of nitrogens with one attached hydrogen (secondary N) is 1. The summed E-state index contributed by atoms with van der Waals surface area (Å²) in [5.41, 5.74) is 6.79. The summed E-state index contributed by atoms with van der Waals surface area (Å²) >= 11 is 0. The minimum atomic E-state index is -0.177. The van der Waals surface area contributed by atoms with Crippen molar-refractivity contribution >= 4 is 0 Å². The maximum absolute atomic E-state index is 5.73. The lowest BCUT2D eigenvalue weighted by Crippen LogP contribution is -2.29. The van der Waals surface area contributed by atoms with E-state index in [2.05, 4.69) is 28.6 Å². The summed E-state index contributed by atoms with van der Waals surface area (Å²) < 4.78 is 0. The van der Waals surface area contributed by atoms with Crippen LogP contribution in [0.15, 0.2) is 60.8 Å². The molecule has 1 heterocycles. The number of nitrogens with zero attached hydrogens (tertiary/aromatic N) is 3. The van der Waals surface area contributed by atoms with Gasteiger partial charge in [-0.3, -0.25) is 5.84 Å². The molecular weight excluding hydrogens is 262 g/mol. The summed E-state index contributed by atoms with van der Waals surface area (Å²) in [5.74, 6) is 5.73. The first-order valence-electron chi connectivity index (χ1n) is 6.79. The smallest absolute Gasteiger partial charge is 0.106 e. The lowest BCUT2D eigenvalue weighted by Gasteiger charge is -2.15. The maximum Gasteiger partial charge on any atom is 0.106 e. The number of hydrazine groups is 1. The Labute approximate surface area is 123 Å². The standard InChI is InChI=1S/C16H17N5/c1-12-7-5-6-10-14(12)16(19-17)15-11-18-21(20-15)13-8-3-2-4-9-13/h2-11,16,19H,17H2,1H3. The molecule has 0 radical (unpaired) electrons. The average molecular weight is 279 g/mol. The van der Waals surface area contributed by atoms with Crippen molar-refractivity contribution in [3.8, 4) is 5.69 Å². The van der Waals surface area contributed by atoms with E-state index < -0.39 is 0 Å². The lowest BCUT2D eigenvalue weighted by molar-refractivity contribution is 0.606. The second kappa shape index (κ2) is 5.87. The first kappa shape index (κ1) is 13.5. The van der Waals surface area contributed by atoms with Crippen LogP contribution in [-0.4, -0.2) is 15.0 Å². The normalized spacial score (nSPS) is 12.3. The minimum Gasteiger partial charge on any atom is -0.271 e. The Morgan fingerprint density at radius 3 is 2.48 bits per heavy atom.